The summed E-state index contributed by atoms with van der Waals surface area (Å²) < 4.78 is 5.01. The number of unbranched alkanes of at least 4 members (excludes halogenated alkanes) is 2. The SMILES string of the molecule is CCCCC[O][PbH]. The van der Waals surface area contributed by atoms with Gasteiger partial charge < -0.3 is 0 Å². The molecule has 0 unspecified atom stereocenters. The quantitative estimate of drug-likeness (QED) is 0.556. The van der Waals surface area contributed by atoms with Crippen LogP contribution in [0.3, 0.4) is 0 Å². The van der Waals surface area contributed by atoms with E-state index in [1.807, 2.05) is 0 Å². The van der Waals surface area contributed by atoms with Crippen LogP contribution in [0.2, 0.25) is 0 Å². The van der Waals surface area contributed by atoms with Crippen LogP contribution in [0.5, 0.6) is 0 Å². The van der Waals surface area contributed by atoms with Gasteiger partial charge in [-0.15, -0.1) is 0 Å². The van der Waals surface area contributed by atoms with Crippen molar-refractivity contribution in [2.75, 3.05) is 6.61 Å². The fraction of sp³-hybridized carbons (Fsp3) is 1.00. The minimum atomic E-state index is 0.738. The second-order valence-electron chi connectivity index (χ2n) is 1.58. The van der Waals surface area contributed by atoms with E-state index in [1.54, 1.807) is 0 Å². The van der Waals surface area contributed by atoms with Crippen molar-refractivity contribution in [3.05, 3.63) is 0 Å². The third-order valence-electron chi connectivity index (χ3n) is 0.866. The molecule has 0 bridgehead atoms. The molecule has 0 heterocycles. The van der Waals surface area contributed by atoms with Crippen molar-refractivity contribution < 1.29 is 2.69 Å². The molecule has 0 saturated heterocycles. The molecular weight excluding hydrogens is 283 g/mol. The Hall–Kier alpha value is 0.882. The van der Waals surface area contributed by atoms with Gasteiger partial charge in [0.2, 0.25) is 0 Å². The summed E-state index contributed by atoms with van der Waals surface area (Å²) in [6.45, 7) is 3.20. The summed E-state index contributed by atoms with van der Waals surface area (Å²) >= 11 is 0.738. The van der Waals surface area contributed by atoms with E-state index in [0.29, 0.717) is 0 Å². The maximum absolute atomic E-state index is 5.01. The molecule has 0 saturated carbocycles. The average molecular weight is 295 g/mol. The monoisotopic (exact) mass is 296 g/mol. The van der Waals surface area contributed by atoms with E-state index in [-0.39, 0.29) is 0 Å². The molecule has 0 atom stereocenters. The molecule has 2 heteroatoms. The number of hydrogen-bond acceptors (Lipinski definition) is 1. The molecule has 0 rings (SSSR count). The van der Waals surface area contributed by atoms with Crippen LogP contribution in [0.25, 0.3) is 0 Å². The first-order valence-electron chi connectivity index (χ1n) is 2.73. The predicted molar refractivity (Wildman–Crippen MR) is 32.6 cm³/mol. The Labute approximate surface area is 61.8 Å². The first-order valence-corrected chi connectivity index (χ1v) is 4.56. The third kappa shape index (κ3) is 6.88. The van der Waals surface area contributed by atoms with Crippen LogP contribution in [0, 0.1) is 0 Å². The molecule has 0 N–H and O–H groups in total. The van der Waals surface area contributed by atoms with Crippen LogP contribution < -0.4 is 0 Å². The van der Waals surface area contributed by atoms with Crippen LogP contribution in [-0.2, 0) is 2.69 Å². The summed E-state index contributed by atoms with van der Waals surface area (Å²) in [5.74, 6) is 0. The zero-order valence-electron chi connectivity index (χ0n) is 4.81. The molecular formula is C5H12OPb. The standard InChI is InChI=1S/C5H11O.Pb.H/c1-2-3-4-5-6;;/h2-5H2,1H3;;/q-1;+1;. The van der Waals surface area contributed by atoms with Gasteiger partial charge in [-0.05, 0) is 0 Å². The van der Waals surface area contributed by atoms with Gasteiger partial charge in [-0.1, -0.05) is 0 Å². The topological polar surface area (TPSA) is 9.23 Å². The van der Waals surface area contributed by atoms with Gasteiger partial charge in [0.05, 0.1) is 0 Å². The molecule has 0 aromatic heterocycles. The molecule has 0 aliphatic carbocycles. The van der Waals surface area contributed by atoms with E-state index in [0.717, 1.165) is 32.8 Å². The Morgan fingerprint density at radius 1 is 1.43 bits per heavy atom. The van der Waals surface area contributed by atoms with Crippen molar-refractivity contribution in [3.8, 4) is 0 Å². The first kappa shape index (κ1) is 7.88. The zero-order chi connectivity index (χ0) is 5.54. The van der Waals surface area contributed by atoms with Crippen LogP contribution in [0.15, 0.2) is 0 Å². The summed E-state index contributed by atoms with van der Waals surface area (Å²) in [7, 11) is 0. The second-order valence-corrected chi connectivity index (χ2v) is 2.87. The summed E-state index contributed by atoms with van der Waals surface area (Å²) in [6.07, 6.45) is 3.88. The van der Waals surface area contributed by atoms with Crippen molar-refractivity contribution in [1.82, 2.24) is 0 Å². The van der Waals surface area contributed by atoms with Crippen molar-refractivity contribution in [2.45, 2.75) is 26.2 Å². The van der Waals surface area contributed by atoms with Crippen molar-refractivity contribution >= 4 is 26.2 Å². The van der Waals surface area contributed by atoms with Gasteiger partial charge in [0.25, 0.3) is 0 Å². The summed E-state index contributed by atoms with van der Waals surface area (Å²) in [4.78, 5) is 0. The van der Waals surface area contributed by atoms with Gasteiger partial charge in [-0.2, -0.15) is 0 Å². The van der Waals surface area contributed by atoms with Crippen molar-refractivity contribution in [1.29, 1.82) is 0 Å². The Bertz CT molecular complexity index is 27.3. The average Bonchev–Trinajstić information content (AvgIpc) is 1.69. The fourth-order valence-corrected chi connectivity index (χ4v) is 1.08. The van der Waals surface area contributed by atoms with E-state index in [9.17, 15) is 0 Å². The van der Waals surface area contributed by atoms with Gasteiger partial charge in [0.15, 0.2) is 0 Å². The first-order chi connectivity index (χ1) is 3.41. The van der Waals surface area contributed by atoms with E-state index in [4.69, 9.17) is 2.69 Å². The van der Waals surface area contributed by atoms with Gasteiger partial charge in [0.1, 0.15) is 0 Å². The molecule has 0 aromatic carbocycles. The number of hydrogen-bond donors (Lipinski definition) is 0. The van der Waals surface area contributed by atoms with Gasteiger partial charge in [0, 0.05) is 0 Å². The van der Waals surface area contributed by atoms with Crippen molar-refractivity contribution in [2.24, 2.45) is 0 Å². The summed E-state index contributed by atoms with van der Waals surface area (Å²) in [5, 5.41) is 0. The van der Waals surface area contributed by atoms with Crippen LogP contribution in [0.4, 0.5) is 0 Å². The van der Waals surface area contributed by atoms with Gasteiger partial charge >= 0.3 is 61.7 Å². The van der Waals surface area contributed by atoms with Crippen LogP contribution in [0.1, 0.15) is 26.2 Å². The molecule has 7 heavy (non-hydrogen) atoms. The van der Waals surface area contributed by atoms with Crippen LogP contribution in [-0.4, -0.2) is 32.8 Å². The van der Waals surface area contributed by atoms with Crippen molar-refractivity contribution in [3.63, 3.8) is 0 Å². The number of rotatable bonds is 4. The Morgan fingerprint density at radius 2 is 2.14 bits per heavy atom. The second kappa shape index (κ2) is 6.88. The summed E-state index contributed by atoms with van der Waals surface area (Å²) in [6, 6.07) is 0. The molecule has 2 radical (unpaired) electrons. The van der Waals surface area contributed by atoms with Gasteiger partial charge in [-0.25, -0.2) is 0 Å². The molecule has 0 aliphatic rings. The normalized spacial score (nSPS) is 9.43. The fourth-order valence-electron chi connectivity index (χ4n) is 0.435. The third-order valence-corrected chi connectivity index (χ3v) is 1.78. The maximum atomic E-state index is 5.01. The Balaban J connectivity index is 2.45. The van der Waals surface area contributed by atoms with E-state index < -0.39 is 0 Å². The predicted octanol–water partition coefficient (Wildman–Crippen LogP) is 1.01. The molecule has 0 fully saturated rings. The minimum absolute atomic E-state index is 0.738. The molecule has 42 valence electrons. The molecule has 0 spiro atoms. The molecule has 0 aliphatic heterocycles. The molecule has 0 aromatic rings. The Morgan fingerprint density at radius 3 is 2.57 bits per heavy atom. The zero-order valence-corrected chi connectivity index (χ0v) is 9.30. The van der Waals surface area contributed by atoms with E-state index in [2.05, 4.69) is 6.92 Å². The summed E-state index contributed by atoms with van der Waals surface area (Å²) in [5.41, 5.74) is 0. The van der Waals surface area contributed by atoms with Gasteiger partial charge in [-0.3, -0.25) is 0 Å². The van der Waals surface area contributed by atoms with Crippen LogP contribution >= 0.6 is 0 Å². The van der Waals surface area contributed by atoms with E-state index >= 15 is 0 Å². The molecule has 1 nitrogen and oxygen atoms in total. The Kier molecular flexibility index (Phi) is 7.75. The molecule has 0 amide bonds. The van der Waals surface area contributed by atoms with E-state index in [1.165, 1.54) is 19.3 Å².